The molecule has 0 amide bonds. The van der Waals surface area contributed by atoms with Crippen LogP contribution in [-0.2, 0) is 0 Å². The number of aryl methyl sites for hydroxylation is 1. The van der Waals surface area contributed by atoms with E-state index in [1.165, 1.54) is 17.7 Å². The van der Waals surface area contributed by atoms with E-state index in [0.29, 0.717) is 18.3 Å². The second kappa shape index (κ2) is 7.75. The van der Waals surface area contributed by atoms with Gasteiger partial charge in [-0.1, -0.05) is 12.1 Å². The van der Waals surface area contributed by atoms with Gasteiger partial charge in [-0.15, -0.1) is 0 Å². The van der Waals surface area contributed by atoms with Gasteiger partial charge >= 0.3 is 0 Å². The molecule has 0 spiro atoms. The Hall–Kier alpha value is -2.14. The van der Waals surface area contributed by atoms with E-state index < -0.39 is 0 Å². The molecule has 2 aromatic rings. The topological polar surface area (TPSA) is 33.3 Å². The summed E-state index contributed by atoms with van der Waals surface area (Å²) in [5, 5.41) is 6.52. The fraction of sp³-hybridized carbons (Fsp3) is 0.235. The van der Waals surface area contributed by atoms with Crippen LogP contribution < -0.4 is 15.4 Å². The second-order valence-corrected chi connectivity index (χ2v) is 5.34. The molecule has 0 bridgehead atoms. The van der Waals surface area contributed by atoms with Crippen LogP contribution >= 0.6 is 12.2 Å². The van der Waals surface area contributed by atoms with E-state index in [-0.39, 0.29) is 5.82 Å². The van der Waals surface area contributed by atoms with Crippen molar-refractivity contribution >= 4 is 23.0 Å². The predicted molar refractivity (Wildman–Crippen MR) is 92.0 cm³/mol. The number of nitrogens with one attached hydrogen (secondary N) is 2. The van der Waals surface area contributed by atoms with Gasteiger partial charge in [0.2, 0.25) is 0 Å². The van der Waals surface area contributed by atoms with E-state index in [0.717, 1.165) is 17.0 Å². The molecule has 0 aliphatic heterocycles. The standard InChI is InChI=1S/C17H19FN2OS/c1-12-4-3-5-16(13(12)2)21-11-10-19-17(22)20-15-8-6-14(18)7-9-15/h3-9H,10-11H2,1-2H3,(H2,19,20,22). The van der Waals surface area contributed by atoms with Gasteiger partial charge in [-0.3, -0.25) is 0 Å². The summed E-state index contributed by atoms with van der Waals surface area (Å²) < 4.78 is 18.5. The molecule has 0 saturated heterocycles. The van der Waals surface area contributed by atoms with E-state index in [9.17, 15) is 4.39 Å². The second-order valence-electron chi connectivity index (χ2n) is 4.93. The molecule has 0 aliphatic rings. The molecule has 3 nitrogen and oxygen atoms in total. The molecule has 0 aromatic heterocycles. The van der Waals surface area contributed by atoms with Crippen molar-refractivity contribution in [3.05, 3.63) is 59.4 Å². The molecule has 0 aliphatic carbocycles. The lowest BCUT2D eigenvalue weighted by atomic mass is 10.1. The Kier molecular flexibility index (Phi) is 5.72. The number of anilines is 1. The van der Waals surface area contributed by atoms with Crippen molar-refractivity contribution in [3.63, 3.8) is 0 Å². The minimum Gasteiger partial charge on any atom is -0.491 e. The molecule has 5 heteroatoms. The molecule has 116 valence electrons. The largest absolute Gasteiger partial charge is 0.491 e. The van der Waals surface area contributed by atoms with Crippen molar-refractivity contribution in [1.82, 2.24) is 5.32 Å². The summed E-state index contributed by atoms with van der Waals surface area (Å²) in [6.45, 7) is 5.19. The number of thiocarbonyl (C=S) groups is 1. The normalized spacial score (nSPS) is 10.1. The number of ether oxygens (including phenoxy) is 1. The Balaban J connectivity index is 1.73. The van der Waals surface area contributed by atoms with Crippen molar-refractivity contribution < 1.29 is 9.13 Å². The highest BCUT2D eigenvalue weighted by atomic mass is 32.1. The molecular formula is C17H19FN2OS. The van der Waals surface area contributed by atoms with Gasteiger partial charge < -0.3 is 15.4 Å². The van der Waals surface area contributed by atoms with Gasteiger partial charge in [0.15, 0.2) is 5.11 Å². The van der Waals surface area contributed by atoms with Gasteiger partial charge in [0.05, 0.1) is 6.54 Å². The van der Waals surface area contributed by atoms with Crippen LogP contribution in [0.15, 0.2) is 42.5 Å². The first-order chi connectivity index (χ1) is 10.6. The van der Waals surface area contributed by atoms with Crippen molar-refractivity contribution in [2.24, 2.45) is 0 Å². The van der Waals surface area contributed by atoms with Gasteiger partial charge in [-0.25, -0.2) is 4.39 Å². The molecule has 0 unspecified atom stereocenters. The van der Waals surface area contributed by atoms with Gasteiger partial charge in [0.1, 0.15) is 18.2 Å². The molecule has 2 rings (SSSR count). The molecule has 0 atom stereocenters. The Morgan fingerprint density at radius 3 is 2.59 bits per heavy atom. The fourth-order valence-corrected chi connectivity index (χ4v) is 2.13. The number of halogens is 1. The average Bonchev–Trinajstić information content (AvgIpc) is 2.50. The van der Waals surface area contributed by atoms with Crippen molar-refractivity contribution in [1.29, 1.82) is 0 Å². The molecule has 22 heavy (non-hydrogen) atoms. The van der Waals surface area contributed by atoms with Gasteiger partial charge in [0.25, 0.3) is 0 Å². The number of hydrogen-bond acceptors (Lipinski definition) is 2. The van der Waals surface area contributed by atoms with Crippen LogP contribution in [0.3, 0.4) is 0 Å². The maximum Gasteiger partial charge on any atom is 0.170 e. The SMILES string of the molecule is Cc1cccc(OCCNC(=S)Nc2ccc(F)cc2)c1C. The first-order valence-corrected chi connectivity index (χ1v) is 7.46. The third kappa shape index (κ3) is 4.70. The summed E-state index contributed by atoms with van der Waals surface area (Å²) in [5.74, 6) is 0.616. The molecular weight excluding hydrogens is 299 g/mol. The maximum atomic E-state index is 12.8. The monoisotopic (exact) mass is 318 g/mol. The van der Waals surface area contributed by atoms with Crippen LogP contribution in [0.1, 0.15) is 11.1 Å². The lowest BCUT2D eigenvalue weighted by Crippen LogP contribution is -2.32. The molecule has 2 N–H and O–H groups in total. The highest BCUT2D eigenvalue weighted by Crippen LogP contribution is 2.20. The highest BCUT2D eigenvalue weighted by Gasteiger charge is 2.02. The van der Waals surface area contributed by atoms with Gasteiger partial charge in [-0.2, -0.15) is 0 Å². The minimum absolute atomic E-state index is 0.272. The zero-order valence-corrected chi connectivity index (χ0v) is 13.5. The molecule has 0 radical (unpaired) electrons. The van der Waals surface area contributed by atoms with Crippen molar-refractivity contribution in [3.8, 4) is 5.75 Å². The fourth-order valence-electron chi connectivity index (χ4n) is 1.91. The third-order valence-corrected chi connectivity index (χ3v) is 3.55. The minimum atomic E-state index is -0.272. The van der Waals surface area contributed by atoms with Crippen molar-refractivity contribution in [2.75, 3.05) is 18.5 Å². The summed E-state index contributed by atoms with van der Waals surface area (Å²) >= 11 is 5.17. The Morgan fingerprint density at radius 2 is 1.86 bits per heavy atom. The zero-order valence-electron chi connectivity index (χ0n) is 12.7. The summed E-state index contributed by atoms with van der Waals surface area (Å²) in [6.07, 6.45) is 0. The number of rotatable bonds is 5. The molecule has 2 aromatic carbocycles. The van der Waals surface area contributed by atoms with Crippen LogP contribution in [0.2, 0.25) is 0 Å². The maximum absolute atomic E-state index is 12.8. The van der Waals surface area contributed by atoms with E-state index in [2.05, 4.69) is 23.6 Å². The lowest BCUT2D eigenvalue weighted by Gasteiger charge is -2.13. The van der Waals surface area contributed by atoms with E-state index in [1.807, 2.05) is 19.1 Å². The summed E-state index contributed by atoms with van der Waals surface area (Å²) in [5.41, 5.74) is 3.10. The number of hydrogen-bond donors (Lipinski definition) is 2. The zero-order chi connectivity index (χ0) is 15.9. The van der Waals surface area contributed by atoms with Gasteiger partial charge in [0, 0.05) is 5.69 Å². The van der Waals surface area contributed by atoms with Crippen molar-refractivity contribution in [2.45, 2.75) is 13.8 Å². The Bertz CT molecular complexity index is 644. The van der Waals surface area contributed by atoms with Crippen LogP contribution in [0.4, 0.5) is 10.1 Å². The molecule has 0 saturated carbocycles. The van der Waals surface area contributed by atoms with E-state index in [1.54, 1.807) is 12.1 Å². The van der Waals surface area contributed by atoms with Crippen LogP contribution in [-0.4, -0.2) is 18.3 Å². The quantitative estimate of drug-likeness (QED) is 0.649. The predicted octanol–water partition coefficient (Wildman–Crippen LogP) is 3.81. The summed E-state index contributed by atoms with van der Waals surface area (Å²) in [7, 11) is 0. The van der Waals surface area contributed by atoms with Crippen LogP contribution in [0.5, 0.6) is 5.75 Å². The molecule has 0 fully saturated rings. The highest BCUT2D eigenvalue weighted by molar-refractivity contribution is 7.80. The van der Waals surface area contributed by atoms with Crippen LogP contribution in [0.25, 0.3) is 0 Å². The Morgan fingerprint density at radius 1 is 1.14 bits per heavy atom. The summed E-state index contributed by atoms with van der Waals surface area (Å²) in [4.78, 5) is 0. The first kappa shape index (κ1) is 16.2. The Labute approximate surface area is 135 Å². The summed E-state index contributed by atoms with van der Waals surface area (Å²) in [6, 6.07) is 12.0. The van der Waals surface area contributed by atoms with Gasteiger partial charge in [-0.05, 0) is 67.5 Å². The lowest BCUT2D eigenvalue weighted by molar-refractivity contribution is 0.320. The van der Waals surface area contributed by atoms with E-state index in [4.69, 9.17) is 17.0 Å². The van der Waals surface area contributed by atoms with E-state index >= 15 is 0 Å². The van der Waals surface area contributed by atoms with Crippen LogP contribution in [0, 0.1) is 19.7 Å². The average molecular weight is 318 g/mol. The third-order valence-electron chi connectivity index (χ3n) is 3.30. The molecule has 0 heterocycles. The smallest absolute Gasteiger partial charge is 0.170 e. The number of benzene rings is 2. The first-order valence-electron chi connectivity index (χ1n) is 7.05.